The zero-order valence-electron chi connectivity index (χ0n) is 18.1. The maximum absolute atomic E-state index is 5.45. The van der Waals surface area contributed by atoms with Crippen LogP contribution in [0.4, 0.5) is 0 Å². The van der Waals surface area contributed by atoms with E-state index >= 15 is 0 Å². The molecule has 3 aromatic rings. The van der Waals surface area contributed by atoms with Crippen molar-refractivity contribution in [1.82, 2.24) is 25.8 Å². The Labute approximate surface area is 199 Å². The highest BCUT2D eigenvalue weighted by Gasteiger charge is 2.09. The van der Waals surface area contributed by atoms with E-state index in [1.165, 1.54) is 11.1 Å². The lowest BCUT2D eigenvalue weighted by Gasteiger charge is -2.13. The largest absolute Gasteiger partial charge is 0.496 e. The van der Waals surface area contributed by atoms with Crippen molar-refractivity contribution in [2.75, 3.05) is 26.7 Å². The van der Waals surface area contributed by atoms with Crippen molar-refractivity contribution in [3.8, 4) is 17.3 Å². The molecule has 0 radical (unpaired) electrons. The van der Waals surface area contributed by atoms with Crippen molar-refractivity contribution in [3.05, 3.63) is 59.5 Å². The van der Waals surface area contributed by atoms with Gasteiger partial charge in [-0.1, -0.05) is 28.9 Å². The Morgan fingerprint density at radius 2 is 2.03 bits per heavy atom. The van der Waals surface area contributed by atoms with Crippen LogP contribution in [0.1, 0.15) is 23.9 Å². The van der Waals surface area contributed by atoms with E-state index in [1.54, 1.807) is 13.3 Å². The molecular formula is C22H29IN6O2. The third-order valence-corrected chi connectivity index (χ3v) is 4.42. The SMILES string of the molecule is CCNC(=NCCc1noc(-c2ccccn2)n1)NCCc1cc(C)ccc1OC.I. The minimum absolute atomic E-state index is 0. The van der Waals surface area contributed by atoms with E-state index in [0.29, 0.717) is 30.4 Å². The van der Waals surface area contributed by atoms with Crippen LogP contribution in [0, 0.1) is 6.92 Å². The van der Waals surface area contributed by atoms with Gasteiger partial charge < -0.3 is 19.9 Å². The molecule has 31 heavy (non-hydrogen) atoms. The summed E-state index contributed by atoms with van der Waals surface area (Å²) in [4.78, 5) is 13.2. The molecule has 0 bridgehead atoms. The van der Waals surface area contributed by atoms with Gasteiger partial charge in [-0.25, -0.2) is 0 Å². The number of hydrogen-bond acceptors (Lipinski definition) is 6. The lowest BCUT2D eigenvalue weighted by molar-refractivity contribution is 0.409. The summed E-state index contributed by atoms with van der Waals surface area (Å²) in [6.07, 6.45) is 3.12. The van der Waals surface area contributed by atoms with Crippen LogP contribution in [-0.4, -0.2) is 47.8 Å². The first kappa shape index (κ1) is 24.6. The minimum atomic E-state index is 0. The van der Waals surface area contributed by atoms with E-state index in [0.717, 1.165) is 31.2 Å². The average molecular weight is 536 g/mol. The summed E-state index contributed by atoms with van der Waals surface area (Å²) in [7, 11) is 1.70. The third-order valence-electron chi connectivity index (χ3n) is 4.42. The molecule has 8 nitrogen and oxygen atoms in total. The molecule has 0 saturated carbocycles. The van der Waals surface area contributed by atoms with Gasteiger partial charge in [0.1, 0.15) is 11.4 Å². The number of aromatic nitrogens is 3. The lowest BCUT2D eigenvalue weighted by Crippen LogP contribution is -2.38. The number of aryl methyl sites for hydroxylation is 1. The van der Waals surface area contributed by atoms with E-state index in [-0.39, 0.29) is 24.0 Å². The molecule has 0 atom stereocenters. The van der Waals surface area contributed by atoms with Crippen LogP contribution in [0.15, 0.2) is 52.1 Å². The molecule has 166 valence electrons. The molecule has 0 amide bonds. The summed E-state index contributed by atoms with van der Waals surface area (Å²) < 4.78 is 10.7. The summed E-state index contributed by atoms with van der Waals surface area (Å²) in [5.74, 6) is 2.70. The van der Waals surface area contributed by atoms with E-state index in [2.05, 4.69) is 49.8 Å². The molecule has 1 aromatic carbocycles. The van der Waals surface area contributed by atoms with Crippen molar-refractivity contribution in [2.45, 2.75) is 26.7 Å². The lowest BCUT2D eigenvalue weighted by atomic mass is 10.1. The maximum Gasteiger partial charge on any atom is 0.276 e. The second-order valence-electron chi connectivity index (χ2n) is 6.73. The van der Waals surface area contributed by atoms with Crippen molar-refractivity contribution >= 4 is 29.9 Å². The van der Waals surface area contributed by atoms with Gasteiger partial charge in [-0.3, -0.25) is 9.98 Å². The molecule has 0 unspecified atom stereocenters. The summed E-state index contributed by atoms with van der Waals surface area (Å²) in [6, 6.07) is 11.8. The third kappa shape index (κ3) is 7.50. The van der Waals surface area contributed by atoms with Crippen LogP contribution >= 0.6 is 24.0 Å². The normalized spacial score (nSPS) is 11.0. The van der Waals surface area contributed by atoms with Crippen molar-refractivity contribution in [3.63, 3.8) is 0 Å². The highest BCUT2D eigenvalue weighted by molar-refractivity contribution is 14.0. The number of hydrogen-bond donors (Lipinski definition) is 2. The number of guanidine groups is 1. The van der Waals surface area contributed by atoms with Crippen LogP contribution in [0.3, 0.4) is 0 Å². The minimum Gasteiger partial charge on any atom is -0.496 e. The van der Waals surface area contributed by atoms with Gasteiger partial charge in [-0.15, -0.1) is 24.0 Å². The molecule has 0 aliphatic rings. The number of benzene rings is 1. The number of halogens is 1. The highest BCUT2D eigenvalue weighted by Crippen LogP contribution is 2.19. The summed E-state index contributed by atoms with van der Waals surface area (Å²) in [5, 5.41) is 10.6. The Balaban J connectivity index is 0.00000341. The zero-order chi connectivity index (χ0) is 21.2. The van der Waals surface area contributed by atoms with Crippen molar-refractivity contribution in [1.29, 1.82) is 0 Å². The van der Waals surface area contributed by atoms with Gasteiger partial charge in [0, 0.05) is 32.3 Å². The van der Waals surface area contributed by atoms with Gasteiger partial charge in [0.05, 0.1) is 7.11 Å². The van der Waals surface area contributed by atoms with Gasteiger partial charge in [-0.2, -0.15) is 4.98 Å². The fourth-order valence-electron chi connectivity index (χ4n) is 2.98. The molecule has 2 N–H and O–H groups in total. The second-order valence-corrected chi connectivity index (χ2v) is 6.73. The van der Waals surface area contributed by atoms with Crippen molar-refractivity contribution < 1.29 is 9.26 Å². The molecule has 0 fully saturated rings. The van der Waals surface area contributed by atoms with Gasteiger partial charge in [-0.05, 0) is 44.0 Å². The predicted octanol–water partition coefficient (Wildman–Crippen LogP) is 3.41. The number of nitrogens with zero attached hydrogens (tertiary/aromatic N) is 4. The number of nitrogens with one attached hydrogen (secondary N) is 2. The number of rotatable bonds is 9. The molecule has 0 saturated heterocycles. The number of methoxy groups -OCH3 is 1. The highest BCUT2D eigenvalue weighted by atomic mass is 127. The Kier molecular flexibility index (Phi) is 10.2. The number of aliphatic imine (C=N–C) groups is 1. The van der Waals surface area contributed by atoms with E-state index in [9.17, 15) is 0 Å². The van der Waals surface area contributed by atoms with Gasteiger partial charge >= 0.3 is 0 Å². The van der Waals surface area contributed by atoms with E-state index < -0.39 is 0 Å². The molecule has 3 rings (SSSR count). The fourth-order valence-corrected chi connectivity index (χ4v) is 2.98. The van der Waals surface area contributed by atoms with E-state index in [4.69, 9.17) is 9.26 Å². The smallest absolute Gasteiger partial charge is 0.276 e. The molecule has 2 heterocycles. The maximum atomic E-state index is 5.45. The van der Waals surface area contributed by atoms with Gasteiger partial charge in [0.2, 0.25) is 0 Å². The van der Waals surface area contributed by atoms with Crippen LogP contribution in [0.5, 0.6) is 5.75 Å². The van der Waals surface area contributed by atoms with E-state index in [1.807, 2.05) is 31.2 Å². The molecule has 2 aromatic heterocycles. The first-order valence-electron chi connectivity index (χ1n) is 10.1. The molecule has 9 heteroatoms. The summed E-state index contributed by atoms with van der Waals surface area (Å²) in [5.41, 5.74) is 3.06. The van der Waals surface area contributed by atoms with Crippen LogP contribution in [0.2, 0.25) is 0 Å². The molecular weight excluding hydrogens is 507 g/mol. The van der Waals surface area contributed by atoms with Crippen LogP contribution < -0.4 is 15.4 Å². The first-order valence-corrected chi connectivity index (χ1v) is 10.1. The average Bonchev–Trinajstić information content (AvgIpc) is 3.23. The zero-order valence-corrected chi connectivity index (χ0v) is 20.4. The Bertz CT molecular complexity index is 962. The van der Waals surface area contributed by atoms with Gasteiger partial charge in [0.25, 0.3) is 5.89 Å². The fraction of sp³-hybridized carbons (Fsp3) is 0.364. The summed E-state index contributed by atoms with van der Waals surface area (Å²) >= 11 is 0. The van der Waals surface area contributed by atoms with Crippen molar-refractivity contribution in [2.24, 2.45) is 4.99 Å². The number of pyridine rings is 1. The standard InChI is InChI=1S/C22H28N6O2.HI/c1-4-23-22(25-13-10-17-15-16(2)8-9-19(17)29-3)26-14-11-20-27-21(30-28-20)18-7-5-6-12-24-18;/h5-9,12,15H,4,10-11,13-14H2,1-3H3,(H2,23,25,26);1H. The Morgan fingerprint density at radius 3 is 2.77 bits per heavy atom. The first-order chi connectivity index (χ1) is 14.7. The monoisotopic (exact) mass is 536 g/mol. The molecule has 0 spiro atoms. The Hall–Kier alpha value is -2.69. The molecule has 0 aliphatic heterocycles. The second kappa shape index (κ2) is 12.9. The quantitative estimate of drug-likeness (QED) is 0.246. The van der Waals surface area contributed by atoms with Crippen LogP contribution in [0.25, 0.3) is 11.6 Å². The topological polar surface area (TPSA) is 97.5 Å². The Morgan fingerprint density at radius 1 is 1.16 bits per heavy atom. The van der Waals surface area contributed by atoms with Gasteiger partial charge in [0.15, 0.2) is 11.8 Å². The predicted molar refractivity (Wildman–Crippen MR) is 132 cm³/mol. The molecule has 0 aliphatic carbocycles. The summed E-state index contributed by atoms with van der Waals surface area (Å²) in [6.45, 7) is 6.20. The number of ether oxygens (including phenoxy) is 1. The van der Waals surface area contributed by atoms with Crippen LogP contribution in [-0.2, 0) is 12.8 Å².